The number of benzene rings is 2. The van der Waals surface area contributed by atoms with Crippen molar-refractivity contribution in [2.45, 2.75) is 0 Å². The van der Waals surface area contributed by atoms with Gasteiger partial charge in [-0.15, -0.1) is 0 Å². The normalized spacial score (nSPS) is 14.1. The molecule has 0 atom stereocenters. The molecule has 0 saturated carbocycles. The highest BCUT2D eigenvalue weighted by atomic mass is 35.5. The van der Waals surface area contributed by atoms with Gasteiger partial charge in [0.25, 0.3) is 5.91 Å². The van der Waals surface area contributed by atoms with Gasteiger partial charge in [-0.3, -0.25) is 9.36 Å². The Kier molecular flexibility index (Phi) is 6.37. The highest BCUT2D eigenvalue weighted by molar-refractivity contribution is 6.35. The molecule has 156 valence electrons. The van der Waals surface area contributed by atoms with Gasteiger partial charge in [0, 0.05) is 54.3 Å². The molecule has 2 heterocycles. The first-order valence-electron chi connectivity index (χ1n) is 9.41. The number of aromatic nitrogens is 2. The van der Waals surface area contributed by atoms with Crippen LogP contribution < -0.4 is 9.64 Å². The van der Waals surface area contributed by atoms with Gasteiger partial charge in [-0.1, -0.05) is 40.9 Å². The van der Waals surface area contributed by atoms with Gasteiger partial charge >= 0.3 is 0 Å². The summed E-state index contributed by atoms with van der Waals surface area (Å²) < 4.78 is 7.56. The molecule has 0 bridgehead atoms. The Bertz CT molecular complexity index is 1050. The first-order chi connectivity index (χ1) is 14.5. The summed E-state index contributed by atoms with van der Waals surface area (Å²) in [6, 6.07) is 12.5. The molecule has 0 N–H and O–H groups in total. The van der Waals surface area contributed by atoms with E-state index in [1.165, 1.54) is 0 Å². The van der Waals surface area contributed by atoms with Crippen LogP contribution in [0.5, 0.6) is 5.75 Å². The van der Waals surface area contributed by atoms with E-state index in [-0.39, 0.29) is 12.5 Å². The summed E-state index contributed by atoms with van der Waals surface area (Å²) >= 11 is 18.1. The smallest absolute Gasteiger partial charge is 0.260 e. The van der Waals surface area contributed by atoms with E-state index in [2.05, 4.69) is 9.88 Å². The molecule has 0 radical (unpaired) electrons. The minimum absolute atomic E-state index is 0.0709. The summed E-state index contributed by atoms with van der Waals surface area (Å²) in [6.45, 7) is 2.44. The van der Waals surface area contributed by atoms with E-state index >= 15 is 0 Å². The second-order valence-corrected chi connectivity index (χ2v) is 8.09. The van der Waals surface area contributed by atoms with Crippen LogP contribution in [-0.4, -0.2) is 53.1 Å². The average molecular weight is 466 g/mol. The van der Waals surface area contributed by atoms with Crippen molar-refractivity contribution >= 4 is 46.7 Å². The number of nitrogens with zero attached hydrogens (tertiary/aromatic N) is 4. The van der Waals surface area contributed by atoms with Crippen LogP contribution in [0.1, 0.15) is 0 Å². The monoisotopic (exact) mass is 464 g/mol. The lowest BCUT2D eigenvalue weighted by Gasteiger charge is -2.35. The van der Waals surface area contributed by atoms with Crippen LogP contribution in [0.4, 0.5) is 5.95 Å². The van der Waals surface area contributed by atoms with Gasteiger partial charge in [0.15, 0.2) is 6.61 Å². The molecule has 4 rings (SSSR count). The van der Waals surface area contributed by atoms with Crippen molar-refractivity contribution in [3.63, 3.8) is 0 Å². The standard InChI is InChI=1S/C21H19Cl3N4O2/c22-15-2-1-3-17(12-15)28-7-6-25-21(28)27-10-8-26(9-11-27)20(29)14-30-19-5-4-16(23)13-18(19)24/h1-7,12-13H,8-11,14H2. The first-order valence-corrected chi connectivity index (χ1v) is 10.5. The van der Waals surface area contributed by atoms with Gasteiger partial charge in [0.1, 0.15) is 5.75 Å². The Balaban J connectivity index is 1.35. The molecule has 0 spiro atoms. The summed E-state index contributed by atoms with van der Waals surface area (Å²) in [5.74, 6) is 1.18. The number of imidazole rings is 1. The van der Waals surface area contributed by atoms with Crippen LogP contribution in [0.15, 0.2) is 54.9 Å². The van der Waals surface area contributed by atoms with Crippen molar-refractivity contribution in [1.82, 2.24) is 14.5 Å². The Morgan fingerprint density at radius 2 is 1.77 bits per heavy atom. The zero-order chi connectivity index (χ0) is 21.1. The molecule has 1 fully saturated rings. The fraction of sp³-hybridized carbons (Fsp3) is 0.238. The lowest BCUT2D eigenvalue weighted by Crippen LogP contribution is -2.50. The molecule has 1 amide bonds. The Labute approximate surface area is 189 Å². The highest BCUT2D eigenvalue weighted by Crippen LogP contribution is 2.27. The van der Waals surface area contributed by atoms with Gasteiger partial charge in [0.2, 0.25) is 5.95 Å². The van der Waals surface area contributed by atoms with Crippen molar-refractivity contribution in [2.24, 2.45) is 0 Å². The number of carbonyl (C=O) groups is 1. The van der Waals surface area contributed by atoms with Gasteiger partial charge in [-0.25, -0.2) is 4.98 Å². The van der Waals surface area contributed by atoms with Crippen LogP contribution in [0.3, 0.4) is 0 Å². The maximum absolute atomic E-state index is 12.5. The van der Waals surface area contributed by atoms with Crippen molar-refractivity contribution < 1.29 is 9.53 Å². The number of rotatable bonds is 5. The third kappa shape index (κ3) is 4.67. The van der Waals surface area contributed by atoms with Crippen molar-refractivity contribution in [1.29, 1.82) is 0 Å². The minimum Gasteiger partial charge on any atom is -0.482 e. The molecule has 1 saturated heterocycles. The fourth-order valence-electron chi connectivity index (χ4n) is 3.34. The number of hydrogen-bond acceptors (Lipinski definition) is 4. The molecule has 1 aliphatic rings. The lowest BCUT2D eigenvalue weighted by atomic mass is 10.3. The lowest BCUT2D eigenvalue weighted by molar-refractivity contribution is -0.133. The van der Waals surface area contributed by atoms with Crippen LogP contribution in [0.2, 0.25) is 15.1 Å². The van der Waals surface area contributed by atoms with E-state index in [9.17, 15) is 4.79 Å². The molecule has 6 nitrogen and oxygen atoms in total. The summed E-state index contributed by atoms with van der Waals surface area (Å²) in [7, 11) is 0. The molecule has 1 aromatic heterocycles. The van der Waals surface area contributed by atoms with Crippen molar-refractivity contribution in [3.05, 3.63) is 69.9 Å². The van der Waals surface area contributed by atoms with E-state index in [1.54, 1.807) is 29.3 Å². The molecule has 9 heteroatoms. The van der Waals surface area contributed by atoms with Gasteiger partial charge in [-0.05, 0) is 36.4 Å². The Hall–Kier alpha value is -2.41. The Morgan fingerprint density at radius 1 is 1.00 bits per heavy atom. The molecule has 0 aliphatic carbocycles. The number of carbonyl (C=O) groups excluding carboxylic acids is 1. The first kappa shape index (κ1) is 20.8. The van der Waals surface area contributed by atoms with E-state index in [4.69, 9.17) is 39.5 Å². The maximum atomic E-state index is 12.5. The van der Waals surface area contributed by atoms with Gasteiger partial charge in [0.05, 0.1) is 5.02 Å². The van der Waals surface area contributed by atoms with E-state index < -0.39 is 0 Å². The van der Waals surface area contributed by atoms with E-state index in [0.29, 0.717) is 47.0 Å². The van der Waals surface area contributed by atoms with Crippen molar-refractivity contribution in [2.75, 3.05) is 37.7 Å². The zero-order valence-corrected chi connectivity index (χ0v) is 18.2. The zero-order valence-electron chi connectivity index (χ0n) is 16.0. The maximum Gasteiger partial charge on any atom is 0.260 e. The van der Waals surface area contributed by atoms with Gasteiger partial charge < -0.3 is 14.5 Å². The predicted molar refractivity (Wildman–Crippen MR) is 119 cm³/mol. The van der Waals surface area contributed by atoms with Crippen LogP contribution >= 0.6 is 34.8 Å². The topological polar surface area (TPSA) is 50.6 Å². The fourth-order valence-corrected chi connectivity index (χ4v) is 3.98. The largest absolute Gasteiger partial charge is 0.482 e. The third-order valence-electron chi connectivity index (χ3n) is 4.87. The number of piperazine rings is 1. The third-order valence-corrected chi connectivity index (χ3v) is 5.63. The number of ether oxygens (including phenoxy) is 1. The van der Waals surface area contributed by atoms with Crippen LogP contribution in [0.25, 0.3) is 5.69 Å². The van der Waals surface area contributed by atoms with Crippen molar-refractivity contribution in [3.8, 4) is 11.4 Å². The summed E-state index contributed by atoms with van der Waals surface area (Å²) in [5.41, 5.74) is 0.946. The number of amides is 1. The molecule has 1 aliphatic heterocycles. The number of anilines is 1. The van der Waals surface area contributed by atoms with Crippen LogP contribution in [0, 0.1) is 0 Å². The highest BCUT2D eigenvalue weighted by Gasteiger charge is 2.24. The average Bonchev–Trinajstić information content (AvgIpc) is 3.23. The van der Waals surface area contributed by atoms with E-state index in [1.807, 2.05) is 35.0 Å². The second kappa shape index (κ2) is 9.16. The summed E-state index contributed by atoms with van der Waals surface area (Å²) in [6.07, 6.45) is 3.67. The Morgan fingerprint density at radius 3 is 2.50 bits per heavy atom. The molecule has 3 aromatic rings. The second-order valence-electron chi connectivity index (χ2n) is 6.81. The predicted octanol–water partition coefficient (Wildman–Crippen LogP) is 4.56. The summed E-state index contributed by atoms with van der Waals surface area (Å²) in [5, 5.41) is 1.57. The molecular weight excluding hydrogens is 447 g/mol. The number of halogens is 3. The minimum atomic E-state index is -0.0844. The number of hydrogen-bond donors (Lipinski definition) is 0. The summed E-state index contributed by atoms with van der Waals surface area (Å²) in [4.78, 5) is 21.0. The van der Waals surface area contributed by atoms with Crippen LogP contribution in [-0.2, 0) is 4.79 Å². The SMILES string of the molecule is O=C(COc1ccc(Cl)cc1Cl)N1CCN(c2nccn2-c2cccc(Cl)c2)CC1. The molecular formula is C21H19Cl3N4O2. The van der Waals surface area contributed by atoms with Gasteiger partial charge in [-0.2, -0.15) is 0 Å². The molecule has 30 heavy (non-hydrogen) atoms. The quantitative estimate of drug-likeness (QED) is 0.554. The molecule has 2 aromatic carbocycles. The van der Waals surface area contributed by atoms with E-state index in [0.717, 1.165) is 11.6 Å². The molecule has 0 unspecified atom stereocenters.